The van der Waals surface area contributed by atoms with Crippen LogP contribution in [0.25, 0.3) is 21.9 Å². The molecule has 9 rings (SSSR count). The Hall–Kier alpha value is -5.86. The van der Waals surface area contributed by atoms with E-state index in [2.05, 4.69) is 15.1 Å². The average molecular weight is 833 g/mol. The van der Waals surface area contributed by atoms with Gasteiger partial charge in [0.2, 0.25) is 5.91 Å². The van der Waals surface area contributed by atoms with E-state index in [9.17, 15) is 19.2 Å². The number of piperidine rings is 2. The summed E-state index contributed by atoms with van der Waals surface area (Å²) in [6, 6.07) is 19.9. The van der Waals surface area contributed by atoms with Crippen LogP contribution in [0.5, 0.6) is 0 Å². The maximum atomic E-state index is 15.2. The molecule has 0 atom stereocenters. The molecule has 4 heterocycles. The van der Waals surface area contributed by atoms with E-state index in [1.807, 2.05) is 30.3 Å². The number of benzene rings is 4. The molecule has 3 aliphatic heterocycles. The molecule has 0 spiro atoms. The smallest absolute Gasteiger partial charge is 0.272 e. The number of hydrogen-bond acceptors (Lipinski definition) is 7. The highest BCUT2D eigenvalue weighted by atomic mass is 19.1. The van der Waals surface area contributed by atoms with Crippen LogP contribution in [-0.2, 0) is 28.8 Å². The van der Waals surface area contributed by atoms with Crippen LogP contribution in [0.3, 0.4) is 0 Å². The Morgan fingerprint density at radius 2 is 1.30 bits per heavy atom. The van der Waals surface area contributed by atoms with Crippen molar-refractivity contribution < 1.29 is 32.3 Å². The van der Waals surface area contributed by atoms with Crippen LogP contribution in [0.1, 0.15) is 68.8 Å². The van der Waals surface area contributed by atoms with Gasteiger partial charge in [-0.3, -0.25) is 24.1 Å². The summed E-state index contributed by atoms with van der Waals surface area (Å²) in [7, 11) is 0. The molecule has 0 unspecified atom stereocenters. The summed E-state index contributed by atoms with van der Waals surface area (Å²) < 4.78 is 51.9. The lowest BCUT2D eigenvalue weighted by Gasteiger charge is -2.38. The topological polar surface area (TPSA) is 119 Å². The molecule has 3 amide bonds. The number of piperazine rings is 1. The van der Waals surface area contributed by atoms with E-state index >= 15 is 13.2 Å². The summed E-state index contributed by atoms with van der Waals surface area (Å²) in [5.41, 5.74) is 4.04. The third-order valence-corrected chi connectivity index (χ3v) is 12.8. The Kier molecular flexibility index (Phi) is 11.5. The van der Waals surface area contributed by atoms with E-state index in [1.165, 1.54) is 40.3 Å². The van der Waals surface area contributed by atoms with Crippen LogP contribution < -0.4 is 5.56 Å². The van der Waals surface area contributed by atoms with E-state index in [4.69, 9.17) is 4.74 Å². The van der Waals surface area contributed by atoms with E-state index in [-0.39, 0.29) is 48.9 Å². The molecule has 61 heavy (non-hydrogen) atoms. The molecule has 3 fully saturated rings. The number of rotatable bonds is 9. The Labute approximate surface area is 351 Å². The van der Waals surface area contributed by atoms with Crippen molar-refractivity contribution in [1.29, 1.82) is 0 Å². The van der Waals surface area contributed by atoms with Gasteiger partial charge >= 0.3 is 0 Å². The lowest BCUT2D eigenvalue weighted by Crippen LogP contribution is -2.53. The van der Waals surface area contributed by atoms with E-state index in [0.29, 0.717) is 86.1 Å². The number of aromatic nitrogens is 2. The van der Waals surface area contributed by atoms with Crippen molar-refractivity contribution >= 4 is 28.5 Å². The minimum atomic E-state index is -0.855. The summed E-state index contributed by atoms with van der Waals surface area (Å²) in [5.74, 6) is -3.44. The van der Waals surface area contributed by atoms with Crippen molar-refractivity contribution in [3.63, 3.8) is 0 Å². The predicted molar refractivity (Wildman–Crippen MR) is 223 cm³/mol. The first-order valence-electron chi connectivity index (χ1n) is 21.2. The van der Waals surface area contributed by atoms with Crippen LogP contribution in [0, 0.1) is 17.5 Å². The van der Waals surface area contributed by atoms with Crippen molar-refractivity contribution in [2.75, 3.05) is 58.9 Å². The number of H-pyrrole nitrogens is 1. The van der Waals surface area contributed by atoms with E-state index < -0.39 is 34.8 Å². The van der Waals surface area contributed by atoms with Gasteiger partial charge in [0.25, 0.3) is 17.4 Å². The molecule has 0 radical (unpaired) electrons. The fraction of sp³-hybridized carbons (Fsp3) is 0.383. The van der Waals surface area contributed by atoms with Crippen LogP contribution in [0.2, 0.25) is 0 Å². The highest BCUT2D eigenvalue weighted by Crippen LogP contribution is 2.32. The molecule has 11 nitrogen and oxygen atoms in total. The van der Waals surface area contributed by atoms with Crippen molar-refractivity contribution in [3.8, 4) is 11.1 Å². The fourth-order valence-corrected chi connectivity index (χ4v) is 9.11. The number of fused-ring (bicyclic) bond motifs is 2. The molecule has 4 aromatic carbocycles. The second kappa shape index (κ2) is 17.3. The molecule has 4 aliphatic rings. The third-order valence-electron chi connectivity index (χ3n) is 12.8. The van der Waals surface area contributed by atoms with Crippen LogP contribution in [-0.4, -0.2) is 119 Å². The van der Waals surface area contributed by atoms with Gasteiger partial charge in [-0.2, -0.15) is 5.10 Å². The number of amides is 3. The minimum absolute atomic E-state index is 0.0109. The number of likely N-dealkylation sites (tertiary alicyclic amines) is 2. The van der Waals surface area contributed by atoms with Gasteiger partial charge in [0.05, 0.1) is 35.4 Å². The first-order chi connectivity index (χ1) is 29.6. The molecular formula is C47H47F3N6O5. The Morgan fingerprint density at radius 1 is 0.656 bits per heavy atom. The average Bonchev–Trinajstić information content (AvgIpc) is 3.26. The largest absolute Gasteiger partial charge is 0.375 e. The third kappa shape index (κ3) is 8.56. The van der Waals surface area contributed by atoms with Gasteiger partial charge in [0.1, 0.15) is 23.0 Å². The molecule has 0 bridgehead atoms. The first kappa shape index (κ1) is 40.5. The highest BCUT2D eigenvalue weighted by molar-refractivity contribution is 5.96. The lowest BCUT2D eigenvalue weighted by atomic mass is 9.86. The lowest BCUT2D eigenvalue weighted by molar-refractivity contribution is -0.135. The standard InChI is InChI=1S/C47H47F3N6O5/c48-39-10-5-29(24-42-36-3-1-2-4-37(36)45(58)52-51-42)23-38(39)46(59)56-21-19-54(20-22-56)43(57)28-53-15-11-34(12-16-53)61-35-13-17-55(18-14-35)47(60)44-40(49)26-33(27-41(44)50)32-9-7-30-6-8-31(30)25-32/h1-5,7,9-10,23,25-27,34-35H,6,8,11-22,24,28H2,(H,52,58). The predicted octanol–water partition coefficient (Wildman–Crippen LogP) is 5.77. The number of ether oxygens (including phenoxy) is 1. The number of hydrogen-bond donors (Lipinski definition) is 1. The maximum Gasteiger partial charge on any atom is 0.272 e. The number of carbonyl (C=O) groups excluding carboxylic acids is 3. The van der Waals surface area contributed by atoms with Crippen molar-refractivity contribution in [3.05, 3.63) is 134 Å². The number of nitrogens with zero attached hydrogens (tertiary/aromatic N) is 5. The molecule has 1 N–H and O–H groups in total. The first-order valence-corrected chi connectivity index (χ1v) is 21.2. The monoisotopic (exact) mass is 832 g/mol. The second-order valence-corrected chi connectivity index (χ2v) is 16.6. The van der Waals surface area contributed by atoms with Crippen molar-refractivity contribution in [2.24, 2.45) is 0 Å². The van der Waals surface area contributed by atoms with E-state index in [0.717, 1.165) is 31.2 Å². The fourth-order valence-electron chi connectivity index (χ4n) is 9.11. The van der Waals surface area contributed by atoms with Crippen LogP contribution in [0.4, 0.5) is 13.2 Å². The number of aromatic amines is 1. The van der Waals surface area contributed by atoms with E-state index in [1.54, 1.807) is 28.0 Å². The van der Waals surface area contributed by atoms with Gasteiger partial charge in [-0.15, -0.1) is 0 Å². The number of halogens is 3. The molecule has 0 saturated carbocycles. The van der Waals surface area contributed by atoms with Gasteiger partial charge < -0.3 is 19.4 Å². The summed E-state index contributed by atoms with van der Waals surface area (Å²) in [5, 5.41) is 7.92. The Bertz CT molecular complexity index is 2540. The summed E-state index contributed by atoms with van der Waals surface area (Å²) >= 11 is 0. The molecule has 1 aromatic heterocycles. The second-order valence-electron chi connectivity index (χ2n) is 16.6. The maximum absolute atomic E-state index is 15.2. The molecule has 14 heteroatoms. The zero-order valence-electron chi connectivity index (χ0n) is 33.8. The molecule has 5 aromatic rings. The number of aryl methyl sites for hydroxylation is 2. The van der Waals surface area contributed by atoms with Gasteiger partial charge in [-0.25, -0.2) is 18.3 Å². The summed E-state index contributed by atoms with van der Waals surface area (Å²) in [4.78, 5) is 59.3. The number of nitrogens with one attached hydrogen (secondary N) is 1. The highest BCUT2D eigenvalue weighted by Gasteiger charge is 2.32. The SMILES string of the molecule is O=C(CN1CCC(OC2CCN(C(=O)c3c(F)cc(-c4ccc5c(c4)CC5)cc3F)CC2)CC1)N1CCN(C(=O)c2cc(Cc3n[nH]c(=O)c4ccccc34)ccc2F)CC1. The molecular weight excluding hydrogens is 786 g/mol. The normalized spacial score (nSPS) is 17.7. The summed E-state index contributed by atoms with van der Waals surface area (Å²) in [6.07, 6.45) is 4.86. The van der Waals surface area contributed by atoms with Crippen molar-refractivity contribution in [2.45, 2.75) is 57.2 Å². The van der Waals surface area contributed by atoms with Crippen LogP contribution in [0.15, 0.2) is 77.6 Å². The van der Waals surface area contributed by atoms with Gasteiger partial charge in [0.15, 0.2) is 0 Å². The zero-order chi connectivity index (χ0) is 42.2. The number of carbonyl (C=O) groups is 3. The summed E-state index contributed by atoms with van der Waals surface area (Å²) in [6.45, 7) is 3.58. The van der Waals surface area contributed by atoms with Gasteiger partial charge in [-0.1, -0.05) is 42.5 Å². The Balaban J connectivity index is 0.706. The zero-order valence-corrected chi connectivity index (χ0v) is 33.8. The Morgan fingerprint density at radius 3 is 1.97 bits per heavy atom. The molecule has 3 saturated heterocycles. The van der Waals surface area contributed by atoms with Crippen molar-refractivity contribution in [1.82, 2.24) is 29.8 Å². The van der Waals surface area contributed by atoms with Gasteiger partial charge in [0, 0.05) is 64.2 Å². The molecule has 1 aliphatic carbocycles. The van der Waals surface area contributed by atoms with Gasteiger partial charge in [-0.05, 0) is 96.7 Å². The minimum Gasteiger partial charge on any atom is -0.375 e. The van der Waals surface area contributed by atoms with Crippen LogP contribution >= 0.6 is 0 Å². The quantitative estimate of drug-likeness (QED) is 0.201. The molecule has 316 valence electrons.